The van der Waals surface area contributed by atoms with Crippen molar-refractivity contribution in [3.05, 3.63) is 69.5 Å². The van der Waals surface area contributed by atoms with E-state index in [2.05, 4.69) is 15.5 Å². The molecular weight excluding hydrogens is 424 g/mol. The van der Waals surface area contributed by atoms with Gasteiger partial charge in [0.1, 0.15) is 6.04 Å². The molecule has 0 aliphatic carbocycles. The minimum atomic E-state index is -0.806. The number of nitrogens with zero attached hydrogens (tertiary/aromatic N) is 3. The van der Waals surface area contributed by atoms with E-state index in [1.165, 1.54) is 4.57 Å². The number of fused-ring (bicyclic) bond motifs is 1. The number of benzene rings is 2. The van der Waals surface area contributed by atoms with E-state index in [4.69, 9.17) is 20.5 Å². The molecule has 1 fully saturated rings. The van der Waals surface area contributed by atoms with Crippen LogP contribution in [0, 0.1) is 0 Å². The number of piperidine rings is 1. The second-order valence-corrected chi connectivity index (χ2v) is 7.64. The summed E-state index contributed by atoms with van der Waals surface area (Å²) in [5.41, 5.74) is 2.34. The quantitative estimate of drug-likeness (QED) is 0.486. The van der Waals surface area contributed by atoms with Crippen LogP contribution in [0.25, 0.3) is 22.5 Å². The Kier molecular flexibility index (Phi) is 4.67. The van der Waals surface area contributed by atoms with Crippen LogP contribution in [0.1, 0.15) is 30.3 Å². The van der Waals surface area contributed by atoms with Gasteiger partial charge in [-0.2, -0.15) is 4.98 Å². The number of carbonyl (C=O) groups is 2. The Hall–Kier alpha value is -3.72. The summed E-state index contributed by atoms with van der Waals surface area (Å²) in [6, 6.07) is 11.5. The Morgan fingerprint density at radius 2 is 2.03 bits per heavy atom. The second kappa shape index (κ2) is 7.51. The van der Waals surface area contributed by atoms with E-state index in [0.717, 1.165) is 11.1 Å². The highest BCUT2D eigenvalue weighted by Gasteiger charge is 2.31. The molecule has 9 nitrogen and oxygen atoms in total. The van der Waals surface area contributed by atoms with Crippen molar-refractivity contribution in [2.45, 2.75) is 25.3 Å². The van der Waals surface area contributed by atoms with Crippen LogP contribution in [0.3, 0.4) is 0 Å². The molecule has 0 bridgehead atoms. The van der Waals surface area contributed by atoms with Crippen molar-refractivity contribution in [2.24, 2.45) is 0 Å². The van der Waals surface area contributed by atoms with Crippen molar-refractivity contribution in [3.63, 3.8) is 0 Å². The Balaban J connectivity index is 1.46. The van der Waals surface area contributed by atoms with Gasteiger partial charge in [-0.15, -0.1) is 0 Å². The summed E-state index contributed by atoms with van der Waals surface area (Å²) in [5.74, 6) is -0.720. The van der Waals surface area contributed by atoms with Gasteiger partial charge in [-0.25, -0.2) is 4.79 Å². The molecule has 0 saturated carbocycles. The Morgan fingerprint density at radius 3 is 2.84 bits per heavy atom. The fourth-order valence-corrected chi connectivity index (χ4v) is 3.85. The lowest BCUT2D eigenvalue weighted by atomic mass is 10.1. The zero-order chi connectivity index (χ0) is 21.5. The number of hydrogen-bond acceptors (Lipinski definition) is 7. The second-order valence-electron chi connectivity index (χ2n) is 7.21. The molecule has 31 heavy (non-hydrogen) atoms. The minimum Gasteiger partial charge on any atom is -0.408 e. The van der Waals surface area contributed by atoms with Gasteiger partial charge in [0.2, 0.25) is 23.5 Å². The van der Waals surface area contributed by atoms with Crippen LogP contribution in [0.5, 0.6) is 0 Å². The van der Waals surface area contributed by atoms with Crippen LogP contribution in [-0.2, 0) is 16.0 Å². The smallest absolute Gasteiger partial charge is 0.408 e. The highest BCUT2D eigenvalue weighted by Crippen LogP contribution is 2.25. The molecule has 1 saturated heterocycles. The van der Waals surface area contributed by atoms with Crippen molar-refractivity contribution in [1.29, 1.82) is 0 Å². The number of oxazole rings is 1. The van der Waals surface area contributed by atoms with Gasteiger partial charge in [-0.1, -0.05) is 35.0 Å². The predicted molar refractivity (Wildman–Crippen MR) is 109 cm³/mol. The normalized spacial score (nSPS) is 16.6. The van der Waals surface area contributed by atoms with Crippen molar-refractivity contribution < 1.29 is 18.5 Å². The maximum absolute atomic E-state index is 12.4. The van der Waals surface area contributed by atoms with Gasteiger partial charge in [-0.05, 0) is 36.2 Å². The minimum absolute atomic E-state index is 0.156. The van der Waals surface area contributed by atoms with Gasteiger partial charge in [0.15, 0.2) is 5.58 Å². The number of rotatable bonds is 4. The van der Waals surface area contributed by atoms with Gasteiger partial charge >= 0.3 is 5.76 Å². The maximum Gasteiger partial charge on any atom is 0.420 e. The molecule has 4 aromatic rings. The Labute approximate surface area is 179 Å². The van der Waals surface area contributed by atoms with E-state index < -0.39 is 17.7 Å². The van der Waals surface area contributed by atoms with Gasteiger partial charge in [-0.3, -0.25) is 19.5 Å². The lowest BCUT2D eigenvalue weighted by Gasteiger charge is -2.21. The zero-order valence-corrected chi connectivity index (χ0v) is 16.8. The predicted octanol–water partition coefficient (Wildman–Crippen LogP) is 2.87. The third-order valence-electron chi connectivity index (χ3n) is 5.10. The average molecular weight is 439 g/mol. The molecule has 2 amide bonds. The van der Waals surface area contributed by atoms with Crippen LogP contribution in [0.2, 0.25) is 5.02 Å². The number of imide groups is 1. The van der Waals surface area contributed by atoms with Gasteiger partial charge in [0.25, 0.3) is 0 Å². The number of amides is 2. The number of aromatic nitrogens is 3. The van der Waals surface area contributed by atoms with Crippen LogP contribution < -0.4 is 11.1 Å². The largest absolute Gasteiger partial charge is 0.420 e. The first-order valence-corrected chi connectivity index (χ1v) is 9.92. The molecule has 156 valence electrons. The first-order chi connectivity index (χ1) is 15.0. The summed E-state index contributed by atoms with van der Waals surface area (Å²) in [6.07, 6.45) is 0.706. The molecule has 1 aliphatic rings. The average Bonchev–Trinajstić information content (AvgIpc) is 3.32. The molecule has 1 unspecified atom stereocenters. The van der Waals surface area contributed by atoms with Crippen LogP contribution in [0.4, 0.5) is 0 Å². The first-order valence-electron chi connectivity index (χ1n) is 9.54. The fraction of sp³-hybridized carbons (Fsp3) is 0.190. The number of nitrogens with one attached hydrogen (secondary N) is 1. The Bertz CT molecular complexity index is 1390. The van der Waals surface area contributed by atoms with E-state index in [-0.39, 0.29) is 18.7 Å². The van der Waals surface area contributed by atoms with Crippen molar-refractivity contribution >= 4 is 34.5 Å². The highest BCUT2D eigenvalue weighted by atomic mass is 35.5. The van der Waals surface area contributed by atoms with E-state index in [1.807, 2.05) is 6.07 Å². The summed E-state index contributed by atoms with van der Waals surface area (Å²) in [6.45, 7) is 0. The van der Waals surface area contributed by atoms with E-state index >= 15 is 0 Å². The third-order valence-corrected chi connectivity index (χ3v) is 5.34. The molecule has 10 heteroatoms. The SMILES string of the molecule is O=C1CCC(n2c(=O)oc3ccc(Cc4nc(-c5cccc(Cl)c5)no4)cc32)C(=O)N1. The van der Waals surface area contributed by atoms with Crippen molar-refractivity contribution in [2.75, 3.05) is 0 Å². The maximum atomic E-state index is 12.4. The zero-order valence-electron chi connectivity index (χ0n) is 16.0. The molecule has 0 spiro atoms. The molecular formula is C21H15ClN4O5. The van der Waals surface area contributed by atoms with Crippen molar-refractivity contribution in [1.82, 2.24) is 20.0 Å². The fourth-order valence-electron chi connectivity index (χ4n) is 3.66. The summed E-state index contributed by atoms with van der Waals surface area (Å²) < 4.78 is 11.9. The van der Waals surface area contributed by atoms with Crippen LogP contribution in [0.15, 0.2) is 56.2 Å². The number of halogens is 1. The lowest BCUT2D eigenvalue weighted by molar-refractivity contribution is -0.135. The van der Waals surface area contributed by atoms with E-state index in [9.17, 15) is 14.4 Å². The monoisotopic (exact) mass is 438 g/mol. The number of hydrogen-bond donors (Lipinski definition) is 1. The number of carbonyl (C=O) groups excluding carboxylic acids is 2. The summed E-state index contributed by atoms with van der Waals surface area (Å²) >= 11 is 6.02. The molecule has 0 radical (unpaired) electrons. The highest BCUT2D eigenvalue weighted by molar-refractivity contribution is 6.30. The van der Waals surface area contributed by atoms with E-state index in [0.29, 0.717) is 34.3 Å². The molecule has 1 N–H and O–H groups in total. The summed E-state index contributed by atoms with van der Waals surface area (Å²) in [7, 11) is 0. The van der Waals surface area contributed by atoms with Crippen molar-refractivity contribution in [3.8, 4) is 11.4 Å². The standard InChI is InChI=1S/C21H15ClN4O5/c22-13-3-1-2-12(10-13)19-24-18(31-25-19)9-11-4-6-16-15(8-11)26(21(29)30-16)14-5-7-17(27)23-20(14)28/h1-4,6,8,10,14H,5,7,9H2,(H,23,27,28). The molecule has 1 atom stereocenters. The molecule has 1 aliphatic heterocycles. The van der Waals surface area contributed by atoms with Gasteiger partial charge < -0.3 is 8.94 Å². The van der Waals surface area contributed by atoms with E-state index in [1.54, 1.807) is 36.4 Å². The lowest BCUT2D eigenvalue weighted by Crippen LogP contribution is -2.43. The summed E-state index contributed by atoms with van der Waals surface area (Å²) in [4.78, 5) is 40.5. The topological polar surface area (TPSA) is 120 Å². The Morgan fingerprint density at radius 1 is 1.16 bits per heavy atom. The van der Waals surface area contributed by atoms with Crippen LogP contribution in [-0.4, -0.2) is 26.5 Å². The summed E-state index contributed by atoms with van der Waals surface area (Å²) in [5, 5.41) is 6.83. The molecule has 2 aromatic heterocycles. The van der Waals surface area contributed by atoms with Gasteiger partial charge in [0.05, 0.1) is 11.9 Å². The molecule has 5 rings (SSSR count). The van der Waals surface area contributed by atoms with Crippen LogP contribution >= 0.6 is 11.6 Å². The third kappa shape index (κ3) is 3.64. The molecule has 3 heterocycles. The molecule has 2 aromatic carbocycles. The first kappa shape index (κ1) is 19.3. The van der Waals surface area contributed by atoms with Gasteiger partial charge in [0, 0.05) is 17.0 Å².